The van der Waals surface area contributed by atoms with E-state index in [1.54, 1.807) is 12.4 Å². The molecule has 0 amide bonds. The number of aromatic nitrogens is 5. The molecule has 11 heteroatoms. The van der Waals surface area contributed by atoms with Crippen LogP contribution in [0.3, 0.4) is 0 Å². The van der Waals surface area contributed by atoms with Crippen molar-refractivity contribution >= 4 is 22.6 Å². The van der Waals surface area contributed by atoms with Crippen LogP contribution < -0.4 is 10.2 Å². The summed E-state index contributed by atoms with van der Waals surface area (Å²) < 4.78 is 23.7. The Bertz CT molecular complexity index is 1170. The fraction of sp³-hybridized carbons (Fsp3) is 0.522. The van der Waals surface area contributed by atoms with Crippen LogP contribution in [0.4, 0.5) is 11.8 Å². The molecule has 6 rings (SSSR count). The molecule has 0 saturated carbocycles. The molecule has 0 aliphatic carbocycles. The summed E-state index contributed by atoms with van der Waals surface area (Å²) in [6.45, 7) is 3.08. The molecule has 34 heavy (non-hydrogen) atoms. The summed E-state index contributed by atoms with van der Waals surface area (Å²) in [4.78, 5) is 21.4. The summed E-state index contributed by atoms with van der Waals surface area (Å²) in [6, 6.07) is 4.07. The molecule has 10 nitrogen and oxygen atoms in total. The second-order valence-electron chi connectivity index (χ2n) is 8.94. The second kappa shape index (κ2) is 9.38. The number of piperidine rings is 1. The number of rotatable bonds is 5. The molecule has 2 fully saturated rings. The SMILES string of the molecule is O=S1CCc2nc(N3CCC(c4nc(-c5cccnc5)no4)CC3)nc(NC3CCOCC3)c21. The Hall–Kier alpha value is -2.92. The molecule has 6 heterocycles. The van der Waals surface area contributed by atoms with Crippen molar-refractivity contribution in [2.75, 3.05) is 42.3 Å². The topological polar surface area (TPSA) is 119 Å². The van der Waals surface area contributed by atoms with Gasteiger partial charge in [0.15, 0.2) is 0 Å². The molecule has 1 unspecified atom stereocenters. The van der Waals surface area contributed by atoms with Gasteiger partial charge < -0.3 is 19.5 Å². The Morgan fingerprint density at radius 2 is 1.94 bits per heavy atom. The van der Waals surface area contributed by atoms with Gasteiger partial charge in [0.05, 0.1) is 16.5 Å². The van der Waals surface area contributed by atoms with Crippen LogP contribution in [0.15, 0.2) is 33.9 Å². The van der Waals surface area contributed by atoms with Crippen molar-refractivity contribution in [1.82, 2.24) is 25.1 Å². The number of hydrogen-bond donors (Lipinski definition) is 1. The van der Waals surface area contributed by atoms with Crippen LogP contribution in [0.1, 0.15) is 43.2 Å². The fourth-order valence-electron chi connectivity index (χ4n) is 4.80. The Labute approximate surface area is 200 Å². The number of hydrogen-bond acceptors (Lipinski definition) is 10. The zero-order valence-electron chi connectivity index (χ0n) is 18.9. The van der Waals surface area contributed by atoms with Gasteiger partial charge in [-0.3, -0.25) is 9.19 Å². The minimum absolute atomic E-state index is 0.205. The van der Waals surface area contributed by atoms with Crippen LogP contribution in [0.25, 0.3) is 11.4 Å². The lowest BCUT2D eigenvalue weighted by Gasteiger charge is -2.31. The third-order valence-corrected chi connectivity index (χ3v) is 8.19. The van der Waals surface area contributed by atoms with Gasteiger partial charge >= 0.3 is 0 Å². The average Bonchev–Trinajstić information content (AvgIpc) is 3.53. The molecule has 0 aromatic carbocycles. The summed E-state index contributed by atoms with van der Waals surface area (Å²) in [6.07, 6.45) is 7.81. The van der Waals surface area contributed by atoms with Crippen molar-refractivity contribution in [3.05, 3.63) is 36.1 Å². The molecule has 0 radical (unpaired) electrons. The van der Waals surface area contributed by atoms with Crippen molar-refractivity contribution in [3.63, 3.8) is 0 Å². The van der Waals surface area contributed by atoms with Crippen molar-refractivity contribution in [1.29, 1.82) is 0 Å². The van der Waals surface area contributed by atoms with Crippen molar-refractivity contribution < 1.29 is 13.5 Å². The summed E-state index contributed by atoms with van der Waals surface area (Å²) in [7, 11) is -1.04. The first-order chi connectivity index (χ1) is 16.7. The van der Waals surface area contributed by atoms with Gasteiger partial charge in [-0.1, -0.05) is 5.16 Å². The highest BCUT2D eigenvalue weighted by Crippen LogP contribution is 2.34. The maximum Gasteiger partial charge on any atom is 0.230 e. The lowest BCUT2D eigenvalue weighted by Crippen LogP contribution is -2.35. The van der Waals surface area contributed by atoms with Crippen LogP contribution >= 0.6 is 0 Å². The van der Waals surface area contributed by atoms with Gasteiger partial charge in [-0.05, 0) is 37.8 Å². The molecule has 3 aromatic heterocycles. The Balaban J connectivity index is 1.17. The molecule has 3 aliphatic rings. The van der Waals surface area contributed by atoms with E-state index in [2.05, 4.69) is 25.3 Å². The van der Waals surface area contributed by atoms with E-state index in [0.29, 0.717) is 23.4 Å². The van der Waals surface area contributed by atoms with Gasteiger partial charge in [-0.15, -0.1) is 0 Å². The molecular weight excluding hydrogens is 454 g/mol. The summed E-state index contributed by atoms with van der Waals surface area (Å²) in [5.41, 5.74) is 1.77. The molecule has 3 aliphatic heterocycles. The van der Waals surface area contributed by atoms with E-state index in [4.69, 9.17) is 19.2 Å². The fourth-order valence-corrected chi connectivity index (χ4v) is 6.11. The van der Waals surface area contributed by atoms with E-state index in [1.807, 2.05) is 12.1 Å². The number of anilines is 2. The number of nitrogens with one attached hydrogen (secondary N) is 1. The lowest BCUT2D eigenvalue weighted by atomic mass is 9.97. The normalized spacial score (nSPS) is 21.5. The number of ether oxygens (including phenoxy) is 1. The third-order valence-electron chi connectivity index (χ3n) is 6.73. The summed E-state index contributed by atoms with van der Waals surface area (Å²) >= 11 is 0. The van der Waals surface area contributed by atoms with Gasteiger partial charge in [-0.2, -0.15) is 9.97 Å². The highest BCUT2D eigenvalue weighted by molar-refractivity contribution is 7.85. The monoisotopic (exact) mass is 481 g/mol. The van der Waals surface area contributed by atoms with E-state index in [1.165, 1.54) is 0 Å². The van der Waals surface area contributed by atoms with E-state index < -0.39 is 10.8 Å². The maximum absolute atomic E-state index is 12.6. The maximum atomic E-state index is 12.6. The zero-order chi connectivity index (χ0) is 22.9. The molecular formula is C23H27N7O3S. The minimum Gasteiger partial charge on any atom is -0.381 e. The summed E-state index contributed by atoms with van der Waals surface area (Å²) in [5.74, 6) is 3.52. The quantitative estimate of drug-likeness (QED) is 0.582. The van der Waals surface area contributed by atoms with Crippen LogP contribution in [0, 0.1) is 0 Å². The summed E-state index contributed by atoms with van der Waals surface area (Å²) in [5, 5.41) is 7.70. The van der Waals surface area contributed by atoms with Crippen LogP contribution in [0.2, 0.25) is 0 Å². The van der Waals surface area contributed by atoms with Gasteiger partial charge in [0.2, 0.25) is 17.7 Å². The van der Waals surface area contributed by atoms with Crippen molar-refractivity contribution in [2.24, 2.45) is 0 Å². The van der Waals surface area contributed by atoms with Gasteiger partial charge in [-0.25, -0.2) is 4.98 Å². The van der Waals surface area contributed by atoms with Crippen LogP contribution in [-0.4, -0.2) is 67.4 Å². The molecule has 3 aromatic rings. The standard InChI is InChI=1S/C23H27N7O3S/c31-34-13-7-18-19(34)21(25-17-5-11-32-12-6-17)28-23(26-18)30-9-3-15(4-10-30)22-27-20(29-33-22)16-2-1-8-24-14-16/h1-2,8,14-15,17H,3-7,9-13H2,(H,25,26,28). The van der Waals surface area contributed by atoms with Gasteiger partial charge in [0.25, 0.3) is 0 Å². The Kier molecular flexibility index (Phi) is 5.96. The Morgan fingerprint density at radius 1 is 1.09 bits per heavy atom. The van der Waals surface area contributed by atoms with Crippen molar-refractivity contribution in [2.45, 2.75) is 49.0 Å². The molecule has 0 bridgehead atoms. The minimum atomic E-state index is -1.04. The molecule has 0 spiro atoms. The van der Waals surface area contributed by atoms with E-state index in [-0.39, 0.29) is 12.0 Å². The first kappa shape index (κ1) is 21.6. The Morgan fingerprint density at radius 3 is 2.74 bits per heavy atom. The highest BCUT2D eigenvalue weighted by Gasteiger charge is 2.31. The van der Waals surface area contributed by atoms with E-state index in [0.717, 1.165) is 80.4 Å². The first-order valence-corrected chi connectivity index (χ1v) is 13.2. The average molecular weight is 482 g/mol. The molecule has 1 N–H and O–H groups in total. The molecule has 1 atom stereocenters. The van der Waals surface area contributed by atoms with Gasteiger partial charge in [0.1, 0.15) is 10.7 Å². The zero-order valence-corrected chi connectivity index (χ0v) is 19.7. The lowest BCUT2D eigenvalue weighted by molar-refractivity contribution is 0.0903. The van der Waals surface area contributed by atoms with Gasteiger partial charge in [0, 0.05) is 68.4 Å². The van der Waals surface area contributed by atoms with Crippen LogP contribution in [-0.2, 0) is 22.0 Å². The first-order valence-electron chi connectivity index (χ1n) is 11.9. The predicted molar refractivity (Wildman–Crippen MR) is 126 cm³/mol. The largest absolute Gasteiger partial charge is 0.381 e. The molecule has 2 saturated heterocycles. The third kappa shape index (κ3) is 4.29. The van der Waals surface area contributed by atoms with E-state index >= 15 is 0 Å². The van der Waals surface area contributed by atoms with Crippen LogP contribution in [0.5, 0.6) is 0 Å². The number of nitrogens with zero attached hydrogens (tertiary/aromatic N) is 6. The second-order valence-corrected chi connectivity index (χ2v) is 10.4. The number of pyridine rings is 1. The molecule has 178 valence electrons. The predicted octanol–water partition coefficient (Wildman–Crippen LogP) is 2.56. The number of fused-ring (bicyclic) bond motifs is 1. The van der Waals surface area contributed by atoms with E-state index in [9.17, 15) is 4.21 Å². The highest BCUT2D eigenvalue weighted by atomic mass is 32.2. The number of aryl methyl sites for hydroxylation is 1. The smallest absolute Gasteiger partial charge is 0.230 e. The van der Waals surface area contributed by atoms with Crippen molar-refractivity contribution in [3.8, 4) is 11.4 Å².